The van der Waals surface area contributed by atoms with Gasteiger partial charge in [-0.3, -0.25) is 0 Å². The number of hydrogen-bond donors (Lipinski definition) is 1. The van der Waals surface area contributed by atoms with Crippen LogP contribution in [0.25, 0.3) is 16.1 Å². The van der Waals surface area contributed by atoms with Crippen molar-refractivity contribution in [1.29, 1.82) is 0 Å². The minimum absolute atomic E-state index is 0.264. The SMILES string of the molecule is C=CCc1nc(-c2c(C)nn3ccccc23)sc1C(=O)O. The van der Waals surface area contributed by atoms with Crippen molar-refractivity contribution in [2.75, 3.05) is 0 Å². The lowest BCUT2D eigenvalue weighted by Crippen LogP contribution is -1.97. The van der Waals surface area contributed by atoms with Gasteiger partial charge in [0.25, 0.3) is 0 Å². The second-order valence-electron chi connectivity index (χ2n) is 4.58. The second kappa shape index (κ2) is 5.14. The van der Waals surface area contributed by atoms with Gasteiger partial charge in [-0.15, -0.1) is 17.9 Å². The summed E-state index contributed by atoms with van der Waals surface area (Å²) in [7, 11) is 0. The molecule has 0 radical (unpaired) electrons. The molecule has 0 aliphatic rings. The number of rotatable bonds is 4. The number of fused-ring (bicyclic) bond motifs is 1. The van der Waals surface area contributed by atoms with E-state index in [0.29, 0.717) is 17.1 Å². The lowest BCUT2D eigenvalue weighted by atomic mass is 10.2. The van der Waals surface area contributed by atoms with Crippen LogP contribution in [0.3, 0.4) is 0 Å². The molecule has 0 fully saturated rings. The Kier molecular flexibility index (Phi) is 3.31. The Morgan fingerprint density at radius 1 is 1.52 bits per heavy atom. The van der Waals surface area contributed by atoms with Gasteiger partial charge in [0.2, 0.25) is 0 Å². The van der Waals surface area contributed by atoms with E-state index >= 15 is 0 Å². The average molecular weight is 299 g/mol. The zero-order chi connectivity index (χ0) is 15.0. The fraction of sp³-hybridized carbons (Fsp3) is 0.133. The number of thiazole rings is 1. The highest BCUT2D eigenvalue weighted by atomic mass is 32.1. The molecule has 0 saturated carbocycles. The van der Waals surface area contributed by atoms with Crippen LogP contribution >= 0.6 is 11.3 Å². The molecular weight excluding hydrogens is 286 g/mol. The van der Waals surface area contributed by atoms with E-state index < -0.39 is 5.97 Å². The second-order valence-corrected chi connectivity index (χ2v) is 5.58. The van der Waals surface area contributed by atoms with Crippen LogP contribution < -0.4 is 0 Å². The molecule has 3 heterocycles. The van der Waals surface area contributed by atoms with E-state index in [1.54, 1.807) is 10.6 Å². The van der Waals surface area contributed by atoms with Crippen molar-refractivity contribution >= 4 is 22.8 Å². The normalized spacial score (nSPS) is 10.9. The molecule has 0 bridgehead atoms. The summed E-state index contributed by atoms with van der Waals surface area (Å²) in [6, 6.07) is 5.78. The summed E-state index contributed by atoms with van der Waals surface area (Å²) >= 11 is 1.18. The molecule has 3 aromatic rings. The Hall–Kier alpha value is -2.47. The third kappa shape index (κ3) is 2.23. The van der Waals surface area contributed by atoms with Crippen LogP contribution in [0.5, 0.6) is 0 Å². The molecule has 3 rings (SSSR count). The summed E-state index contributed by atoms with van der Waals surface area (Å²) in [6.07, 6.45) is 3.97. The summed E-state index contributed by atoms with van der Waals surface area (Å²) in [5.41, 5.74) is 3.19. The summed E-state index contributed by atoms with van der Waals surface area (Å²) in [6.45, 7) is 5.55. The van der Waals surface area contributed by atoms with E-state index in [1.165, 1.54) is 11.3 Å². The van der Waals surface area contributed by atoms with Gasteiger partial charge in [0.1, 0.15) is 9.88 Å². The Morgan fingerprint density at radius 3 is 3.05 bits per heavy atom. The van der Waals surface area contributed by atoms with Gasteiger partial charge in [0.15, 0.2) is 0 Å². The molecule has 0 aliphatic carbocycles. The zero-order valence-corrected chi connectivity index (χ0v) is 12.2. The van der Waals surface area contributed by atoms with Crippen LogP contribution in [-0.4, -0.2) is 25.7 Å². The summed E-state index contributed by atoms with van der Waals surface area (Å²) < 4.78 is 1.78. The van der Waals surface area contributed by atoms with Crippen LogP contribution in [0.2, 0.25) is 0 Å². The van der Waals surface area contributed by atoms with Crippen LogP contribution in [0, 0.1) is 6.92 Å². The van der Waals surface area contributed by atoms with Crippen LogP contribution in [0.1, 0.15) is 21.1 Å². The minimum atomic E-state index is -0.954. The first-order valence-electron chi connectivity index (χ1n) is 6.40. The van der Waals surface area contributed by atoms with E-state index in [-0.39, 0.29) is 4.88 Å². The molecule has 5 nitrogen and oxygen atoms in total. The fourth-order valence-electron chi connectivity index (χ4n) is 2.28. The van der Waals surface area contributed by atoms with Crippen molar-refractivity contribution in [1.82, 2.24) is 14.6 Å². The average Bonchev–Trinajstić information content (AvgIpc) is 2.99. The number of allylic oxidation sites excluding steroid dienone is 1. The quantitative estimate of drug-likeness (QED) is 0.751. The zero-order valence-electron chi connectivity index (χ0n) is 11.4. The number of carboxylic acid groups (broad SMARTS) is 1. The molecule has 0 unspecified atom stereocenters. The molecule has 0 aromatic carbocycles. The number of carbonyl (C=O) groups is 1. The highest BCUT2D eigenvalue weighted by molar-refractivity contribution is 7.17. The molecule has 0 aliphatic heterocycles. The van der Waals surface area contributed by atoms with Crippen molar-refractivity contribution in [2.45, 2.75) is 13.3 Å². The van der Waals surface area contributed by atoms with Crippen molar-refractivity contribution in [3.8, 4) is 10.6 Å². The van der Waals surface area contributed by atoms with Gasteiger partial charge in [-0.1, -0.05) is 12.1 Å². The molecule has 0 atom stereocenters. The number of pyridine rings is 1. The number of aromatic nitrogens is 3. The Morgan fingerprint density at radius 2 is 2.33 bits per heavy atom. The lowest BCUT2D eigenvalue weighted by molar-refractivity contribution is 0.0701. The molecule has 1 N–H and O–H groups in total. The summed E-state index contributed by atoms with van der Waals surface area (Å²) in [4.78, 5) is 16.1. The Bertz CT molecular complexity index is 848. The molecule has 21 heavy (non-hydrogen) atoms. The molecule has 0 spiro atoms. The van der Waals surface area contributed by atoms with Crippen molar-refractivity contribution in [2.24, 2.45) is 0 Å². The van der Waals surface area contributed by atoms with Gasteiger partial charge >= 0.3 is 5.97 Å². The molecule has 0 saturated heterocycles. The maximum absolute atomic E-state index is 11.3. The lowest BCUT2D eigenvalue weighted by Gasteiger charge is -1.95. The van der Waals surface area contributed by atoms with E-state index in [2.05, 4.69) is 16.7 Å². The standard InChI is InChI=1S/C15H13N3O2S/c1-3-6-10-13(15(19)20)21-14(16-10)12-9(2)17-18-8-5-4-7-11(12)18/h3-5,7-8H,1,6H2,2H3,(H,19,20). The van der Waals surface area contributed by atoms with Crippen molar-refractivity contribution in [3.05, 3.63) is 53.3 Å². The Balaban J connectivity index is 2.23. The summed E-state index contributed by atoms with van der Waals surface area (Å²) in [5, 5.41) is 14.4. The summed E-state index contributed by atoms with van der Waals surface area (Å²) in [5.74, 6) is -0.954. The molecule has 106 valence electrons. The fourth-order valence-corrected chi connectivity index (χ4v) is 3.32. The maximum Gasteiger partial charge on any atom is 0.347 e. The van der Waals surface area contributed by atoms with Gasteiger partial charge < -0.3 is 5.11 Å². The first-order valence-corrected chi connectivity index (χ1v) is 7.21. The van der Waals surface area contributed by atoms with E-state index in [4.69, 9.17) is 0 Å². The number of aromatic carboxylic acids is 1. The number of aryl methyl sites for hydroxylation is 1. The monoisotopic (exact) mass is 299 g/mol. The first-order chi connectivity index (χ1) is 10.1. The molecule has 0 amide bonds. The smallest absolute Gasteiger partial charge is 0.347 e. The van der Waals surface area contributed by atoms with Gasteiger partial charge in [-0.2, -0.15) is 5.10 Å². The number of nitrogens with zero attached hydrogens (tertiary/aromatic N) is 3. The van der Waals surface area contributed by atoms with Gasteiger partial charge in [0.05, 0.1) is 22.5 Å². The highest BCUT2D eigenvalue weighted by Crippen LogP contribution is 2.33. The molecular formula is C15H13N3O2S. The largest absolute Gasteiger partial charge is 0.477 e. The van der Waals surface area contributed by atoms with Crippen molar-refractivity contribution in [3.63, 3.8) is 0 Å². The predicted octanol–water partition coefficient (Wildman–Crippen LogP) is 3.19. The van der Waals surface area contributed by atoms with E-state index in [1.807, 2.05) is 31.3 Å². The van der Waals surface area contributed by atoms with Gasteiger partial charge in [0, 0.05) is 12.6 Å². The molecule has 6 heteroatoms. The minimum Gasteiger partial charge on any atom is -0.477 e. The van der Waals surface area contributed by atoms with E-state index in [0.717, 1.165) is 16.8 Å². The van der Waals surface area contributed by atoms with Gasteiger partial charge in [-0.05, 0) is 19.1 Å². The number of hydrogen-bond acceptors (Lipinski definition) is 4. The first kappa shape index (κ1) is 13.5. The molecule has 3 aromatic heterocycles. The Labute approximate surface area is 125 Å². The van der Waals surface area contributed by atoms with Crippen LogP contribution in [0.4, 0.5) is 0 Å². The van der Waals surface area contributed by atoms with Crippen LogP contribution in [-0.2, 0) is 6.42 Å². The van der Waals surface area contributed by atoms with E-state index in [9.17, 15) is 9.90 Å². The third-order valence-corrected chi connectivity index (χ3v) is 4.26. The van der Waals surface area contributed by atoms with Crippen LogP contribution in [0.15, 0.2) is 37.1 Å². The predicted molar refractivity (Wildman–Crippen MR) is 81.9 cm³/mol. The highest BCUT2D eigenvalue weighted by Gasteiger charge is 2.21. The number of carboxylic acids is 1. The maximum atomic E-state index is 11.3. The van der Waals surface area contributed by atoms with Gasteiger partial charge in [-0.25, -0.2) is 14.3 Å². The third-order valence-electron chi connectivity index (χ3n) is 3.16. The van der Waals surface area contributed by atoms with Crippen molar-refractivity contribution < 1.29 is 9.90 Å². The topological polar surface area (TPSA) is 67.5 Å².